The Hall–Kier alpha value is -2.67. The van der Waals surface area contributed by atoms with Gasteiger partial charge in [0, 0.05) is 18.7 Å². The molecule has 0 spiro atoms. The fraction of sp³-hybridized carbons (Fsp3) is 0.542. The van der Waals surface area contributed by atoms with Crippen LogP contribution < -0.4 is 16.2 Å². The van der Waals surface area contributed by atoms with E-state index >= 15 is 0 Å². The molecule has 1 aromatic heterocycles. The summed E-state index contributed by atoms with van der Waals surface area (Å²) in [5, 5.41) is 11.1. The van der Waals surface area contributed by atoms with Gasteiger partial charge >= 0.3 is 0 Å². The lowest BCUT2D eigenvalue weighted by Gasteiger charge is -2.57. The Morgan fingerprint density at radius 2 is 1.71 bits per heavy atom. The normalized spacial score (nSPS) is 28.5. The van der Waals surface area contributed by atoms with Crippen LogP contribution in [-0.2, 0) is 11.3 Å². The van der Waals surface area contributed by atoms with Gasteiger partial charge in [0.2, 0.25) is 0 Å². The Morgan fingerprint density at radius 3 is 2.35 bits per heavy atom. The molecule has 4 aliphatic rings. The molecule has 6 rings (SSSR count). The predicted octanol–water partition coefficient (Wildman–Crippen LogP) is 3.52. The van der Waals surface area contributed by atoms with Gasteiger partial charge in [-0.3, -0.25) is 9.59 Å². The SMILES string of the molecule is COCCn1nc(C(=O)Nc2ccccc2NC23CC4CC(CC(C4)C2)C3)ccc1=O. The number of hydrogen-bond donors (Lipinski definition) is 2. The van der Waals surface area contributed by atoms with Gasteiger partial charge in [0.05, 0.1) is 24.5 Å². The van der Waals surface area contributed by atoms with Crippen LogP contribution in [0, 0.1) is 17.8 Å². The van der Waals surface area contributed by atoms with Crippen molar-refractivity contribution in [3.05, 3.63) is 52.4 Å². The van der Waals surface area contributed by atoms with Crippen molar-refractivity contribution in [2.45, 2.75) is 50.6 Å². The number of amides is 1. The highest BCUT2D eigenvalue weighted by Gasteiger charge is 2.51. The summed E-state index contributed by atoms with van der Waals surface area (Å²) in [4.78, 5) is 24.9. The van der Waals surface area contributed by atoms with Crippen molar-refractivity contribution in [3.63, 3.8) is 0 Å². The summed E-state index contributed by atoms with van der Waals surface area (Å²) in [6, 6.07) is 10.7. The van der Waals surface area contributed by atoms with E-state index in [0.717, 1.165) is 29.1 Å². The average molecular weight is 423 g/mol. The van der Waals surface area contributed by atoms with Gasteiger partial charge in [0.1, 0.15) is 5.69 Å². The van der Waals surface area contributed by atoms with Gasteiger partial charge in [-0.15, -0.1) is 0 Å². The number of anilines is 2. The molecule has 1 amide bonds. The summed E-state index contributed by atoms with van der Waals surface area (Å²) in [5.74, 6) is 2.21. The van der Waals surface area contributed by atoms with Crippen molar-refractivity contribution < 1.29 is 9.53 Å². The molecule has 0 unspecified atom stereocenters. The van der Waals surface area contributed by atoms with Crippen LogP contribution in [0.4, 0.5) is 11.4 Å². The minimum Gasteiger partial charge on any atom is -0.383 e. The minimum absolute atomic E-state index is 0.154. The zero-order valence-corrected chi connectivity index (χ0v) is 18.0. The lowest BCUT2D eigenvalue weighted by molar-refractivity contribution is 0.0107. The first-order valence-corrected chi connectivity index (χ1v) is 11.3. The molecule has 4 aliphatic carbocycles. The van der Waals surface area contributed by atoms with Crippen LogP contribution in [0.1, 0.15) is 49.0 Å². The van der Waals surface area contributed by atoms with Gasteiger partial charge < -0.3 is 15.4 Å². The maximum atomic E-state index is 12.9. The van der Waals surface area contributed by atoms with Crippen molar-refractivity contribution >= 4 is 17.3 Å². The van der Waals surface area contributed by atoms with Crippen molar-refractivity contribution in [2.24, 2.45) is 17.8 Å². The van der Waals surface area contributed by atoms with Crippen molar-refractivity contribution in [1.29, 1.82) is 0 Å². The van der Waals surface area contributed by atoms with Crippen molar-refractivity contribution in [2.75, 3.05) is 24.4 Å². The Labute approximate surface area is 182 Å². The van der Waals surface area contributed by atoms with Gasteiger partial charge in [-0.2, -0.15) is 5.10 Å². The van der Waals surface area contributed by atoms with Crippen LogP contribution in [0.2, 0.25) is 0 Å². The van der Waals surface area contributed by atoms with Gasteiger partial charge in [0.15, 0.2) is 0 Å². The van der Waals surface area contributed by atoms with E-state index < -0.39 is 0 Å². The first-order valence-electron chi connectivity index (χ1n) is 11.3. The lowest BCUT2D eigenvalue weighted by atomic mass is 9.53. The highest BCUT2D eigenvalue weighted by molar-refractivity contribution is 6.04. The summed E-state index contributed by atoms with van der Waals surface area (Å²) >= 11 is 0. The first-order chi connectivity index (χ1) is 15.0. The number of nitrogens with zero attached hydrogens (tertiary/aromatic N) is 2. The molecule has 31 heavy (non-hydrogen) atoms. The molecule has 1 heterocycles. The highest BCUT2D eigenvalue weighted by Crippen LogP contribution is 2.56. The number of rotatable bonds is 7. The monoisotopic (exact) mass is 422 g/mol. The van der Waals surface area contributed by atoms with Crippen LogP contribution in [0.25, 0.3) is 0 Å². The largest absolute Gasteiger partial charge is 0.383 e. The lowest BCUT2D eigenvalue weighted by Crippen LogP contribution is -2.54. The second kappa shape index (κ2) is 8.11. The van der Waals surface area contributed by atoms with Crippen LogP contribution >= 0.6 is 0 Å². The van der Waals surface area contributed by atoms with E-state index in [4.69, 9.17) is 4.74 Å². The third-order valence-corrected chi connectivity index (χ3v) is 7.22. The first kappa shape index (κ1) is 20.2. The zero-order valence-electron chi connectivity index (χ0n) is 18.0. The number of aromatic nitrogens is 2. The molecular weight excluding hydrogens is 392 g/mol. The average Bonchev–Trinajstić information content (AvgIpc) is 2.73. The minimum atomic E-state index is -0.328. The maximum absolute atomic E-state index is 12.9. The van der Waals surface area contributed by atoms with E-state index in [1.807, 2.05) is 24.3 Å². The number of carbonyl (C=O) groups is 1. The van der Waals surface area contributed by atoms with Crippen LogP contribution in [0.15, 0.2) is 41.2 Å². The van der Waals surface area contributed by atoms with E-state index in [-0.39, 0.29) is 22.7 Å². The van der Waals surface area contributed by atoms with Crippen molar-refractivity contribution in [3.8, 4) is 0 Å². The molecule has 2 aromatic rings. The Kier molecular flexibility index (Phi) is 5.30. The number of hydrogen-bond acceptors (Lipinski definition) is 5. The summed E-state index contributed by atoms with van der Waals surface area (Å²) in [6.07, 6.45) is 7.87. The zero-order chi connectivity index (χ0) is 21.4. The predicted molar refractivity (Wildman–Crippen MR) is 119 cm³/mol. The standard InChI is InChI=1S/C24H30N4O3/c1-31-9-8-28-22(29)7-6-21(27-28)23(30)25-19-4-2-3-5-20(19)26-24-13-16-10-17(14-24)12-18(11-16)15-24/h2-7,16-18,26H,8-15H2,1H3,(H,25,30). The van der Waals surface area contributed by atoms with E-state index in [1.165, 1.54) is 55.3 Å². The molecule has 0 atom stereocenters. The van der Waals surface area contributed by atoms with Gasteiger partial charge in [-0.25, -0.2) is 4.68 Å². The number of ether oxygens (including phenoxy) is 1. The molecular formula is C24H30N4O3. The number of nitrogens with one attached hydrogen (secondary N) is 2. The second-order valence-corrected chi connectivity index (χ2v) is 9.60. The Balaban J connectivity index is 1.34. The molecule has 1 aromatic carbocycles. The molecule has 164 valence electrons. The summed E-state index contributed by atoms with van der Waals surface area (Å²) in [5.41, 5.74) is 1.82. The molecule has 4 bridgehead atoms. The summed E-state index contributed by atoms with van der Waals surface area (Å²) in [7, 11) is 1.56. The molecule has 4 saturated carbocycles. The topological polar surface area (TPSA) is 85.2 Å². The Morgan fingerprint density at radius 1 is 1.06 bits per heavy atom. The molecule has 0 aliphatic heterocycles. The summed E-state index contributed by atoms with van der Waals surface area (Å²) in [6.45, 7) is 0.663. The third kappa shape index (κ3) is 4.11. The quantitative estimate of drug-likeness (QED) is 0.713. The number of benzene rings is 1. The van der Waals surface area contributed by atoms with Crippen LogP contribution in [0.3, 0.4) is 0 Å². The van der Waals surface area contributed by atoms with E-state index in [9.17, 15) is 9.59 Å². The number of para-hydroxylation sites is 2. The van der Waals surface area contributed by atoms with Crippen LogP contribution in [0.5, 0.6) is 0 Å². The molecule has 4 fully saturated rings. The molecule has 0 radical (unpaired) electrons. The summed E-state index contributed by atoms with van der Waals surface area (Å²) < 4.78 is 6.28. The van der Waals surface area contributed by atoms with E-state index in [2.05, 4.69) is 15.7 Å². The fourth-order valence-electron chi connectivity index (χ4n) is 6.34. The number of carbonyl (C=O) groups excluding carboxylic acids is 1. The maximum Gasteiger partial charge on any atom is 0.276 e. The molecule has 7 heteroatoms. The molecule has 2 N–H and O–H groups in total. The molecule has 0 saturated heterocycles. The third-order valence-electron chi connectivity index (χ3n) is 7.22. The fourth-order valence-corrected chi connectivity index (χ4v) is 6.34. The van der Waals surface area contributed by atoms with Gasteiger partial charge in [0.25, 0.3) is 11.5 Å². The van der Waals surface area contributed by atoms with Gasteiger partial charge in [-0.05, 0) is 74.5 Å². The number of methoxy groups -OCH3 is 1. The molecule has 7 nitrogen and oxygen atoms in total. The highest BCUT2D eigenvalue weighted by atomic mass is 16.5. The Bertz CT molecular complexity index is 996. The second-order valence-electron chi connectivity index (χ2n) is 9.60. The van der Waals surface area contributed by atoms with E-state index in [1.54, 1.807) is 7.11 Å². The van der Waals surface area contributed by atoms with Crippen molar-refractivity contribution in [1.82, 2.24) is 9.78 Å². The smallest absolute Gasteiger partial charge is 0.276 e. The van der Waals surface area contributed by atoms with Gasteiger partial charge in [-0.1, -0.05) is 12.1 Å². The van der Waals surface area contributed by atoms with Crippen LogP contribution in [-0.4, -0.2) is 34.9 Å². The van der Waals surface area contributed by atoms with E-state index in [0.29, 0.717) is 13.2 Å².